The zero-order valence-corrected chi connectivity index (χ0v) is 11.2. The third-order valence-corrected chi connectivity index (χ3v) is 5.54. The van der Waals surface area contributed by atoms with Gasteiger partial charge in [-0.1, -0.05) is 0 Å². The van der Waals surface area contributed by atoms with Crippen molar-refractivity contribution in [3.8, 4) is 0 Å². The molecule has 0 radical (unpaired) electrons. The Morgan fingerprint density at radius 3 is 2.31 bits per heavy atom. The Bertz CT molecular complexity index is 192. The molecule has 2 nitrogen and oxygen atoms in total. The maximum atomic E-state index is 11.0. The molecule has 0 bridgehead atoms. The van der Waals surface area contributed by atoms with E-state index in [4.69, 9.17) is 4.74 Å². The average molecular weight is 245 g/mol. The summed E-state index contributed by atoms with van der Waals surface area (Å²) in [7, 11) is 0. The Morgan fingerprint density at radius 1 is 1.38 bits per heavy atom. The Kier molecular flexibility index (Phi) is 5.37. The summed E-state index contributed by atoms with van der Waals surface area (Å²) in [6.45, 7) is 5.74. The van der Waals surface area contributed by atoms with E-state index < -0.39 is 13.3 Å². The van der Waals surface area contributed by atoms with Crippen LogP contribution in [0.15, 0.2) is 12.2 Å². The van der Waals surface area contributed by atoms with Crippen LogP contribution in [-0.4, -0.2) is 25.8 Å². The fourth-order valence-electron chi connectivity index (χ4n) is 0.891. The summed E-state index contributed by atoms with van der Waals surface area (Å²) in [6.07, 6.45) is 1.00. The third kappa shape index (κ3) is 8.09. The molecule has 0 aromatic heterocycles. The fourth-order valence-corrected chi connectivity index (χ4v) is 3.42. The van der Waals surface area contributed by atoms with Crippen molar-refractivity contribution >= 4 is 19.2 Å². The summed E-state index contributed by atoms with van der Waals surface area (Å²) in [5.74, 6) is 6.82. The predicted molar refractivity (Wildman–Crippen MR) is 58.5 cm³/mol. The van der Waals surface area contributed by atoms with E-state index in [-0.39, 0.29) is 5.97 Å². The van der Waals surface area contributed by atoms with Crippen LogP contribution in [0.2, 0.25) is 22.5 Å². The van der Waals surface area contributed by atoms with Gasteiger partial charge < -0.3 is 0 Å². The first kappa shape index (κ1) is 12.8. The minimum atomic E-state index is -1.42. The average Bonchev–Trinajstić information content (AvgIpc) is 1.95. The number of carbonyl (C=O) groups excluding carboxylic acids is 1. The molecule has 0 rings (SSSR count). The van der Waals surface area contributed by atoms with E-state index in [1.165, 1.54) is 5.25 Å². The van der Waals surface area contributed by atoms with Crippen LogP contribution in [0, 0.1) is 0 Å². The summed E-state index contributed by atoms with van der Waals surface area (Å²) in [6, 6.07) is 0. The monoisotopic (exact) mass is 246 g/mol. The van der Waals surface area contributed by atoms with Crippen molar-refractivity contribution in [3.63, 3.8) is 0 Å². The van der Waals surface area contributed by atoms with Crippen LogP contribution in [0.1, 0.15) is 13.3 Å². The Labute approximate surface area is 83.7 Å². The van der Waals surface area contributed by atoms with E-state index in [1.54, 1.807) is 6.92 Å². The van der Waals surface area contributed by atoms with Crippen molar-refractivity contribution in [1.82, 2.24) is 0 Å². The number of carbonyl (C=O) groups is 1. The van der Waals surface area contributed by atoms with Crippen LogP contribution >= 0.6 is 0 Å². The van der Waals surface area contributed by atoms with Gasteiger partial charge in [0.25, 0.3) is 0 Å². The summed E-state index contributed by atoms with van der Waals surface area (Å²) in [5.41, 5.74) is 0.484. The van der Waals surface area contributed by atoms with E-state index in [0.29, 0.717) is 12.2 Å². The standard InChI is InChI=1S/C10H20GeO2/c1-9(2)10(12)13-8-6-7-11(3,4)5/h1,6-8H2,2-5H3. The van der Waals surface area contributed by atoms with Crippen LogP contribution in [0.25, 0.3) is 0 Å². The second-order valence-electron chi connectivity index (χ2n) is 4.58. The van der Waals surface area contributed by atoms with E-state index in [1.807, 2.05) is 0 Å². The molecule has 0 aliphatic carbocycles. The van der Waals surface area contributed by atoms with Crippen molar-refractivity contribution < 1.29 is 9.53 Å². The van der Waals surface area contributed by atoms with Crippen LogP contribution in [-0.2, 0) is 9.53 Å². The Balaban J connectivity index is 3.47. The predicted octanol–water partition coefficient (Wildman–Crippen LogP) is 2.83. The van der Waals surface area contributed by atoms with E-state index in [2.05, 4.69) is 23.8 Å². The van der Waals surface area contributed by atoms with Crippen LogP contribution < -0.4 is 0 Å². The summed E-state index contributed by atoms with van der Waals surface area (Å²) < 4.78 is 4.99. The van der Waals surface area contributed by atoms with Gasteiger partial charge in [-0.3, -0.25) is 0 Å². The van der Waals surface area contributed by atoms with E-state index in [9.17, 15) is 4.79 Å². The van der Waals surface area contributed by atoms with Crippen molar-refractivity contribution in [2.45, 2.75) is 35.9 Å². The molecule has 0 aromatic rings. The van der Waals surface area contributed by atoms with Crippen molar-refractivity contribution in [1.29, 1.82) is 0 Å². The van der Waals surface area contributed by atoms with Gasteiger partial charge in [-0.2, -0.15) is 0 Å². The zero-order valence-electron chi connectivity index (χ0n) is 9.14. The number of hydrogen-bond acceptors (Lipinski definition) is 2. The molecule has 0 heterocycles. The summed E-state index contributed by atoms with van der Waals surface area (Å²) in [5, 5.41) is 1.25. The second kappa shape index (κ2) is 5.48. The Hall–Kier alpha value is -0.247. The molecule has 0 saturated carbocycles. The minimum absolute atomic E-state index is 0.263. The molecule has 0 aliphatic rings. The molecule has 13 heavy (non-hydrogen) atoms. The first-order chi connectivity index (χ1) is 5.83. The zero-order chi connectivity index (χ0) is 10.5. The molecule has 3 heteroatoms. The van der Waals surface area contributed by atoms with Gasteiger partial charge in [-0.15, -0.1) is 0 Å². The van der Waals surface area contributed by atoms with Crippen molar-refractivity contribution in [2.24, 2.45) is 0 Å². The molecule has 0 unspecified atom stereocenters. The SMILES string of the molecule is C=C(C)C(=O)OCC[CH2][Ge]([CH3])([CH3])[CH3]. The van der Waals surface area contributed by atoms with E-state index in [0.717, 1.165) is 6.42 Å². The maximum absolute atomic E-state index is 11.0. The number of esters is 1. The van der Waals surface area contributed by atoms with Crippen molar-refractivity contribution in [2.75, 3.05) is 6.61 Å². The molecule has 0 aliphatic heterocycles. The van der Waals surface area contributed by atoms with Gasteiger partial charge in [0.1, 0.15) is 0 Å². The van der Waals surface area contributed by atoms with Crippen LogP contribution in [0.5, 0.6) is 0 Å². The molecule has 0 aromatic carbocycles. The van der Waals surface area contributed by atoms with Gasteiger partial charge in [0.05, 0.1) is 0 Å². The first-order valence-corrected chi connectivity index (χ1v) is 12.4. The van der Waals surface area contributed by atoms with Crippen LogP contribution in [0.3, 0.4) is 0 Å². The molecule has 0 fully saturated rings. The van der Waals surface area contributed by atoms with Crippen molar-refractivity contribution in [3.05, 3.63) is 12.2 Å². The molecule has 76 valence electrons. The topological polar surface area (TPSA) is 26.3 Å². The molecular formula is C10H20GeO2. The molecule has 0 N–H and O–H groups in total. The van der Waals surface area contributed by atoms with Crippen LogP contribution in [0.4, 0.5) is 0 Å². The van der Waals surface area contributed by atoms with E-state index >= 15 is 0 Å². The molecule has 0 spiro atoms. The molecule has 0 atom stereocenters. The quantitative estimate of drug-likeness (QED) is 0.322. The summed E-state index contributed by atoms with van der Waals surface area (Å²) >= 11 is -1.42. The van der Waals surface area contributed by atoms with Gasteiger partial charge in [-0.05, 0) is 0 Å². The fraction of sp³-hybridized carbons (Fsp3) is 0.700. The van der Waals surface area contributed by atoms with Gasteiger partial charge in [0.15, 0.2) is 0 Å². The summed E-state index contributed by atoms with van der Waals surface area (Å²) in [4.78, 5) is 11.0. The van der Waals surface area contributed by atoms with Gasteiger partial charge in [0, 0.05) is 0 Å². The number of hydrogen-bond donors (Lipinski definition) is 0. The van der Waals surface area contributed by atoms with Gasteiger partial charge in [-0.25, -0.2) is 0 Å². The Morgan fingerprint density at radius 2 is 1.92 bits per heavy atom. The first-order valence-electron chi connectivity index (χ1n) is 4.65. The number of ether oxygens (including phenoxy) is 1. The molecule has 0 saturated heterocycles. The third-order valence-electron chi connectivity index (χ3n) is 1.65. The normalized spacial score (nSPS) is 11.1. The number of rotatable bonds is 5. The van der Waals surface area contributed by atoms with Gasteiger partial charge in [0.2, 0.25) is 0 Å². The molecular weight excluding hydrogens is 225 g/mol. The second-order valence-corrected chi connectivity index (χ2v) is 16.4. The van der Waals surface area contributed by atoms with Gasteiger partial charge >= 0.3 is 83.4 Å². The molecule has 0 amide bonds.